The molecule has 0 aliphatic carbocycles. The van der Waals surface area contributed by atoms with E-state index in [-0.39, 0.29) is 11.9 Å². The molecule has 1 aliphatic rings. The second kappa shape index (κ2) is 6.05. The summed E-state index contributed by atoms with van der Waals surface area (Å²) in [5, 5.41) is 17.4. The number of hydrogen-bond acceptors (Lipinski definition) is 5. The molecule has 0 bridgehead atoms. The Morgan fingerprint density at radius 1 is 1.71 bits per heavy atom. The highest BCUT2D eigenvalue weighted by Crippen LogP contribution is 2.22. The lowest BCUT2D eigenvalue weighted by Gasteiger charge is -2.22. The summed E-state index contributed by atoms with van der Waals surface area (Å²) >= 11 is 3.25. The number of amides is 1. The van der Waals surface area contributed by atoms with Gasteiger partial charge >= 0.3 is 0 Å². The van der Waals surface area contributed by atoms with Gasteiger partial charge in [-0.3, -0.25) is 4.79 Å². The normalized spacial score (nSPS) is 19.6. The molecule has 17 heavy (non-hydrogen) atoms. The van der Waals surface area contributed by atoms with Crippen molar-refractivity contribution < 1.29 is 4.79 Å². The summed E-state index contributed by atoms with van der Waals surface area (Å²) in [4.78, 5) is 11.8. The largest absolute Gasteiger partial charge is 0.317 e. The van der Waals surface area contributed by atoms with Crippen LogP contribution in [0.4, 0.5) is 5.00 Å². The Bertz CT molecular complexity index is 432. The third kappa shape index (κ3) is 3.46. The van der Waals surface area contributed by atoms with E-state index in [1.165, 1.54) is 11.3 Å². The Morgan fingerprint density at radius 2 is 2.59 bits per heavy atom. The molecule has 2 rings (SSSR count). The van der Waals surface area contributed by atoms with Gasteiger partial charge in [-0.1, -0.05) is 0 Å². The fraction of sp³-hybridized carbons (Fsp3) is 0.455. The van der Waals surface area contributed by atoms with Crippen LogP contribution in [0.1, 0.15) is 12.0 Å². The summed E-state index contributed by atoms with van der Waals surface area (Å²) in [6, 6.07) is 4.03. The zero-order valence-corrected chi connectivity index (χ0v) is 10.9. The molecule has 0 spiro atoms. The van der Waals surface area contributed by atoms with Gasteiger partial charge in [0.05, 0.1) is 5.56 Å². The quantitative estimate of drug-likeness (QED) is 0.874. The highest BCUT2D eigenvalue weighted by Gasteiger charge is 2.17. The topological polar surface area (TPSA) is 64.9 Å². The number of thioether (sulfide) groups is 1. The lowest BCUT2D eigenvalue weighted by molar-refractivity contribution is -0.116. The van der Waals surface area contributed by atoms with Crippen LogP contribution >= 0.6 is 23.1 Å². The van der Waals surface area contributed by atoms with Crippen LogP contribution < -0.4 is 10.6 Å². The number of nitriles is 1. The zero-order valence-electron chi connectivity index (χ0n) is 9.23. The van der Waals surface area contributed by atoms with Crippen LogP contribution in [0.3, 0.4) is 0 Å². The molecule has 1 amide bonds. The average molecular weight is 267 g/mol. The number of carbonyl (C=O) groups is 1. The number of anilines is 1. The summed E-state index contributed by atoms with van der Waals surface area (Å²) < 4.78 is 0. The van der Waals surface area contributed by atoms with Gasteiger partial charge in [0.15, 0.2) is 0 Å². The summed E-state index contributed by atoms with van der Waals surface area (Å²) in [6.07, 6.45) is 0.468. The maximum atomic E-state index is 11.8. The van der Waals surface area contributed by atoms with Crippen LogP contribution in [0.2, 0.25) is 0 Å². The van der Waals surface area contributed by atoms with Crippen LogP contribution in [-0.4, -0.2) is 30.0 Å². The molecule has 6 heteroatoms. The molecule has 90 valence electrons. The molecular formula is C11H13N3OS2. The summed E-state index contributed by atoms with van der Waals surface area (Å²) in [6.45, 7) is 0.963. The summed E-state index contributed by atoms with van der Waals surface area (Å²) in [5.41, 5.74) is 0.536. The van der Waals surface area contributed by atoms with E-state index in [0.29, 0.717) is 17.0 Å². The Labute approximate surface area is 108 Å². The van der Waals surface area contributed by atoms with Gasteiger partial charge in [0.25, 0.3) is 0 Å². The Kier molecular flexibility index (Phi) is 4.42. The molecule has 1 atom stereocenters. The Hall–Kier alpha value is -1.03. The number of hydrogen-bond donors (Lipinski definition) is 2. The van der Waals surface area contributed by atoms with Crippen LogP contribution in [0, 0.1) is 11.3 Å². The van der Waals surface area contributed by atoms with Crippen molar-refractivity contribution in [2.45, 2.75) is 12.5 Å². The predicted molar refractivity (Wildman–Crippen MR) is 71.4 cm³/mol. The minimum absolute atomic E-state index is 0.0241. The molecule has 0 saturated carbocycles. The van der Waals surface area contributed by atoms with Gasteiger partial charge < -0.3 is 10.6 Å². The molecule has 1 aliphatic heterocycles. The van der Waals surface area contributed by atoms with Crippen molar-refractivity contribution in [3.8, 4) is 6.07 Å². The molecule has 1 aromatic rings. The van der Waals surface area contributed by atoms with Gasteiger partial charge in [-0.25, -0.2) is 0 Å². The molecule has 0 radical (unpaired) electrons. The highest BCUT2D eigenvalue weighted by atomic mass is 32.2. The van der Waals surface area contributed by atoms with Crippen molar-refractivity contribution in [2.24, 2.45) is 0 Å². The van der Waals surface area contributed by atoms with Gasteiger partial charge in [0.2, 0.25) is 5.91 Å². The van der Waals surface area contributed by atoms with Crippen molar-refractivity contribution in [1.82, 2.24) is 5.32 Å². The third-order valence-electron chi connectivity index (χ3n) is 2.47. The van der Waals surface area contributed by atoms with Gasteiger partial charge in [-0.15, -0.1) is 11.3 Å². The first-order chi connectivity index (χ1) is 8.29. The second-order valence-electron chi connectivity index (χ2n) is 3.75. The highest BCUT2D eigenvalue weighted by molar-refractivity contribution is 7.99. The smallest absolute Gasteiger partial charge is 0.226 e. The van der Waals surface area contributed by atoms with E-state index < -0.39 is 0 Å². The molecule has 4 nitrogen and oxygen atoms in total. The van der Waals surface area contributed by atoms with Crippen LogP contribution in [0.15, 0.2) is 11.4 Å². The second-order valence-corrected chi connectivity index (χ2v) is 5.82. The average Bonchev–Trinajstić information content (AvgIpc) is 2.77. The van der Waals surface area contributed by atoms with Gasteiger partial charge in [0, 0.05) is 30.5 Å². The van der Waals surface area contributed by atoms with Gasteiger partial charge in [0.1, 0.15) is 11.1 Å². The molecule has 1 aromatic heterocycles. The number of nitrogens with zero attached hydrogens (tertiary/aromatic N) is 1. The predicted octanol–water partition coefficient (Wildman–Crippen LogP) is 1.65. The van der Waals surface area contributed by atoms with Crippen molar-refractivity contribution in [2.75, 3.05) is 23.4 Å². The minimum Gasteiger partial charge on any atom is -0.317 e. The number of carbonyl (C=O) groups excluding carboxylic acids is 1. The van der Waals surface area contributed by atoms with Gasteiger partial charge in [-0.2, -0.15) is 17.0 Å². The van der Waals surface area contributed by atoms with Crippen molar-refractivity contribution in [3.63, 3.8) is 0 Å². The number of rotatable bonds is 3. The van der Waals surface area contributed by atoms with E-state index in [9.17, 15) is 4.79 Å². The number of thiophene rings is 1. The first kappa shape index (κ1) is 12.4. The molecule has 0 aromatic carbocycles. The monoisotopic (exact) mass is 267 g/mol. The standard InChI is InChI=1S/C11H13N3OS2/c12-6-8-1-3-17-11(8)14-10(15)5-9-7-16-4-2-13-9/h1,3,9,13H,2,4-5,7H2,(H,14,15). The first-order valence-corrected chi connectivity index (χ1v) is 7.41. The fourth-order valence-electron chi connectivity index (χ4n) is 1.65. The zero-order chi connectivity index (χ0) is 12.1. The Morgan fingerprint density at radius 3 is 3.29 bits per heavy atom. The maximum Gasteiger partial charge on any atom is 0.226 e. The minimum atomic E-state index is -0.0241. The molecule has 2 N–H and O–H groups in total. The van der Waals surface area contributed by atoms with Crippen molar-refractivity contribution in [3.05, 3.63) is 17.0 Å². The van der Waals surface area contributed by atoms with E-state index in [0.717, 1.165) is 18.1 Å². The Balaban J connectivity index is 1.87. The lowest BCUT2D eigenvalue weighted by Crippen LogP contribution is -2.39. The molecule has 1 unspecified atom stereocenters. The first-order valence-electron chi connectivity index (χ1n) is 5.38. The van der Waals surface area contributed by atoms with Gasteiger partial charge in [-0.05, 0) is 11.4 Å². The van der Waals surface area contributed by atoms with E-state index in [1.54, 1.807) is 6.07 Å². The van der Waals surface area contributed by atoms with Crippen molar-refractivity contribution in [1.29, 1.82) is 5.26 Å². The summed E-state index contributed by atoms with van der Waals surface area (Å²) in [7, 11) is 0. The van der Waals surface area contributed by atoms with Crippen LogP contribution in [0.25, 0.3) is 0 Å². The van der Waals surface area contributed by atoms with E-state index in [1.807, 2.05) is 17.1 Å². The van der Waals surface area contributed by atoms with E-state index in [4.69, 9.17) is 5.26 Å². The fourth-order valence-corrected chi connectivity index (χ4v) is 3.35. The third-order valence-corrected chi connectivity index (χ3v) is 4.43. The molecular weight excluding hydrogens is 254 g/mol. The summed E-state index contributed by atoms with van der Waals surface area (Å²) in [5.74, 6) is 2.06. The van der Waals surface area contributed by atoms with E-state index >= 15 is 0 Å². The SMILES string of the molecule is N#Cc1ccsc1NC(=O)CC1CSCCN1. The molecule has 2 heterocycles. The van der Waals surface area contributed by atoms with Crippen LogP contribution in [0.5, 0.6) is 0 Å². The maximum absolute atomic E-state index is 11.8. The van der Waals surface area contributed by atoms with E-state index in [2.05, 4.69) is 16.7 Å². The van der Waals surface area contributed by atoms with Crippen molar-refractivity contribution >= 4 is 34.0 Å². The molecule has 1 fully saturated rings. The lowest BCUT2D eigenvalue weighted by atomic mass is 10.2. The van der Waals surface area contributed by atoms with Crippen LogP contribution in [-0.2, 0) is 4.79 Å². The molecule has 1 saturated heterocycles. The number of nitrogens with one attached hydrogen (secondary N) is 2.